The zero-order valence-electron chi connectivity index (χ0n) is 16.6. The first-order valence-electron chi connectivity index (χ1n) is 9.14. The van der Waals surface area contributed by atoms with Gasteiger partial charge < -0.3 is 24.1 Å². The molecule has 1 N–H and O–H groups in total. The maximum Gasteiger partial charge on any atom is 0.254 e. The Bertz CT molecular complexity index is 899. The molecule has 1 unspecified atom stereocenters. The fourth-order valence-corrected chi connectivity index (χ4v) is 3.57. The summed E-state index contributed by atoms with van der Waals surface area (Å²) in [5, 5.41) is 0. The van der Waals surface area contributed by atoms with Crippen molar-refractivity contribution in [2.24, 2.45) is 0 Å². The van der Waals surface area contributed by atoms with Gasteiger partial charge in [-0.1, -0.05) is 0 Å². The highest BCUT2D eigenvalue weighted by molar-refractivity contribution is 5.95. The maximum atomic E-state index is 13.1. The van der Waals surface area contributed by atoms with Crippen LogP contribution in [0.5, 0.6) is 17.2 Å². The minimum atomic E-state index is -0.171. The number of methoxy groups -OCH3 is 3. The fraction of sp³-hybridized carbons (Fsp3) is 0.450. The number of likely N-dealkylation sites (tertiary alicyclic amines) is 1. The lowest BCUT2D eigenvalue weighted by molar-refractivity contribution is 0.0703. The van der Waals surface area contributed by atoms with E-state index in [4.69, 9.17) is 14.2 Å². The number of nitrogens with zero attached hydrogens (tertiary/aromatic N) is 2. The molecule has 0 bridgehead atoms. The molecule has 28 heavy (non-hydrogen) atoms. The van der Waals surface area contributed by atoms with E-state index < -0.39 is 0 Å². The average molecular weight is 387 g/mol. The molecule has 150 valence electrons. The first-order chi connectivity index (χ1) is 13.5. The second-order valence-electron chi connectivity index (χ2n) is 6.78. The van der Waals surface area contributed by atoms with Gasteiger partial charge in [-0.05, 0) is 31.9 Å². The van der Waals surface area contributed by atoms with Crippen LogP contribution < -0.4 is 19.8 Å². The number of amides is 1. The van der Waals surface area contributed by atoms with Gasteiger partial charge in [0.15, 0.2) is 11.5 Å². The summed E-state index contributed by atoms with van der Waals surface area (Å²) in [5.74, 6) is 1.81. The van der Waals surface area contributed by atoms with E-state index in [-0.39, 0.29) is 17.4 Å². The van der Waals surface area contributed by atoms with Crippen LogP contribution in [-0.2, 0) is 0 Å². The number of aromatic amines is 1. The molecule has 2 heterocycles. The van der Waals surface area contributed by atoms with Crippen molar-refractivity contribution in [3.8, 4) is 17.2 Å². The summed E-state index contributed by atoms with van der Waals surface area (Å²) < 4.78 is 16.0. The van der Waals surface area contributed by atoms with Gasteiger partial charge in [-0.2, -0.15) is 0 Å². The quantitative estimate of drug-likeness (QED) is 0.845. The summed E-state index contributed by atoms with van der Waals surface area (Å²) in [5.41, 5.74) is 0.961. The van der Waals surface area contributed by atoms with Crippen LogP contribution >= 0.6 is 0 Å². The molecule has 0 saturated carbocycles. The molecule has 2 aromatic rings. The van der Waals surface area contributed by atoms with E-state index in [2.05, 4.69) is 9.97 Å². The topological polar surface area (TPSA) is 93.8 Å². The number of ether oxygens (including phenoxy) is 3. The average Bonchev–Trinajstić information content (AvgIpc) is 2.71. The van der Waals surface area contributed by atoms with Crippen molar-refractivity contribution in [1.29, 1.82) is 0 Å². The van der Waals surface area contributed by atoms with E-state index in [1.807, 2.05) is 0 Å². The highest BCUT2D eigenvalue weighted by Crippen LogP contribution is 2.38. The molecule has 1 fully saturated rings. The van der Waals surface area contributed by atoms with E-state index in [0.717, 1.165) is 12.8 Å². The van der Waals surface area contributed by atoms with Gasteiger partial charge in [0.1, 0.15) is 5.82 Å². The predicted octanol–water partition coefficient (Wildman–Crippen LogP) is 2.12. The third-order valence-corrected chi connectivity index (χ3v) is 4.90. The van der Waals surface area contributed by atoms with Gasteiger partial charge in [0.2, 0.25) is 5.75 Å². The molecule has 1 aliphatic heterocycles. The lowest BCUT2D eigenvalue weighted by Crippen LogP contribution is -2.40. The molecule has 8 heteroatoms. The Labute approximate surface area is 163 Å². The standard InChI is InChI=1S/C20H25N3O5/c1-12-8-17(24)22-19(21-12)13-6-5-7-23(11-13)20(25)14-9-15(26-2)18(28-4)16(10-14)27-3/h8-10,13H,5-7,11H2,1-4H3,(H,21,22,24). The number of hydrogen-bond acceptors (Lipinski definition) is 6. The number of benzene rings is 1. The smallest absolute Gasteiger partial charge is 0.254 e. The lowest BCUT2D eigenvalue weighted by Gasteiger charge is -2.32. The molecule has 3 rings (SSSR count). The summed E-state index contributed by atoms with van der Waals surface area (Å²) in [6, 6.07) is 4.77. The van der Waals surface area contributed by atoms with E-state index in [1.54, 1.807) is 24.0 Å². The Balaban J connectivity index is 1.87. The molecule has 1 atom stereocenters. The van der Waals surface area contributed by atoms with E-state index in [0.29, 0.717) is 47.4 Å². The van der Waals surface area contributed by atoms with Crippen molar-refractivity contribution < 1.29 is 19.0 Å². The summed E-state index contributed by atoms with van der Waals surface area (Å²) in [7, 11) is 4.55. The number of aromatic nitrogens is 2. The molecule has 8 nitrogen and oxygen atoms in total. The Kier molecular flexibility index (Phi) is 5.87. The maximum absolute atomic E-state index is 13.1. The van der Waals surface area contributed by atoms with E-state index >= 15 is 0 Å². The number of H-pyrrole nitrogens is 1. The molecule has 1 saturated heterocycles. The third kappa shape index (κ3) is 3.95. The van der Waals surface area contributed by atoms with Gasteiger partial charge in [-0.25, -0.2) is 4.98 Å². The zero-order chi connectivity index (χ0) is 20.3. The van der Waals surface area contributed by atoms with Crippen molar-refractivity contribution in [2.45, 2.75) is 25.7 Å². The summed E-state index contributed by atoms with van der Waals surface area (Å²) in [4.78, 5) is 33.9. The zero-order valence-corrected chi connectivity index (χ0v) is 16.6. The molecular formula is C20H25N3O5. The number of carbonyl (C=O) groups is 1. The van der Waals surface area contributed by atoms with Crippen molar-refractivity contribution in [3.05, 3.63) is 45.6 Å². The second kappa shape index (κ2) is 8.33. The van der Waals surface area contributed by atoms with E-state index in [9.17, 15) is 9.59 Å². The Morgan fingerprint density at radius 1 is 1.14 bits per heavy atom. The third-order valence-electron chi connectivity index (χ3n) is 4.90. The molecular weight excluding hydrogens is 362 g/mol. The summed E-state index contributed by atoms with van der Waals surface area (Å²) >= 11 is 0. The minimum Gasteiger partial charge on any atom is -0.493 e. The number of rotatable bonds is 5. The first-order valence-corrected chi connectivity index (χ1v) is 9.14. The normalized spacial score (nSPS) is 16.6. The van der Waals surface area contributed by atoms with Crippen LogP contribution in [0.4, 0.5) is 0 Å². The van der Waals surface area contributed by atoms with Gasteiger partial charge in [-0.15, -0.1) is 0 Å². The molecule has 1 aliphatic rings. The van der Waals surface area contributed by atoms with Crippen molar-refractivity contribution in [3.63, 3.8) is 0 Å². The van der Waals surface area contributed by atoms with Crippen LogP contribution in [-0.4, -0.2) is 55.2 Å². The Morgan fingerprint density at radius 3 is 2.39 bits per heavy atom. The van der Waals surface area contributed by atoms with Crippen LogP contribution in [0.2, 0.25) is 0 Å². The lowest BCUT2D eigenvalue weighted by atomic mass is 9.96. The molecule has 0 spiro atoms. The second-order valence-corrected chi connectivity index (χ2v) is 6.78. The largest absolute Gasteiger partial charge is 0.493 e. The number of aryl methyl sites for hydroxylation is 1. The number of carbonyl (C=O) groups excluding carboxylic acids is 1. The van der Waals surface area contributed by atoms with Crippen molar-refractivity contribution >= 4 is 5.91 Å². The minimum absolute atomic E-state index is 0.00709. The number of hydrogen-bond donors (Lipinski definition) is 1. The summed E-state index contributed by atoms with van der Waals surface area (Å²) in [6.07, 6.45) is 1.70. The highest BCUT2D eigenvalue weighted by Gasteiger charge is 2.28. The van der Waals surface area contributed by atoms with E-state index in [1.165, 1.54) is 27.4 Å². The van der Waals surface area contributed by atoms with Gasteiger partial charge >= 0.3 is 0 Å². The SMILES string of the molecule is COc1cc(C(=O)N2CCCC(c3nc(C)cc(=O)[nH]3)C2)cc(OC)c1OC. The van der Waals surface area contributed by atoms with Crippen LogP contribution in [0.25, 0.3) is 0 Å². The Hall–Kier alpha value is -3.03. The molecule has 1 aromatic carbocycles. The van der Waals surface area contributed by atoms with Crippen molar-refractivity contribution in [1.82, 2.24) is 14.9 Å². The van der Waals surface area contributed by atoms with Crippen LogP contribution in [0.3, 0.4) is 0 Å². The molecule has 0 radical (unpaired) electrons. The predicted molar refractivity (Wildman–Crippen MR) is 104 cm³/mol. The van der Waals surface area contributed by atoms with Gasteiger partial charge in [0.25, 0.3) is 11.5 Å². The van der Waals surface area contributed by atoms with Crippen molar-refractivity contribution in [2.75, 3.05) is 34.4 Å². The molecule has 1 aromatic heterocycles. The molecule has 1 amide bonds. The van der Waals surface area contributed by atoms with Gasteiger partial charge in [0.05, 0.1) is 21.3 Å². The fourth-order valence-electron chi connectivity index (χ4n) is 3.57. The molecule has 0 aliphatic carbocycles. The van der Waals surface area contributed by atoms with Crippen LogP contribution in [0, 0.1) is 6.92 Å². The van der Waals surface area contributed by atoms with Crippen LogP contribution in [0.1, 0.15) is 40.6 Å². The highest BCUT2D eigenvalue weighted by atomic mass is 16.5. The van der Waals surface area contributed by atoms with Crippen LogP contribution in [0.15, 0.2) is 23.0 Å². The summed E-state index contributed by atoms with van der Waals surface area (Å²) in [6.45, 7) is 2.92. The van der Waals surface area contributed by atoms with Gasteiger partial charge in [0, 0.05) is 36.3 Å². The van der Waals surface area contributed by atoms with Gasteiger partial charge in [-0.3, -0.25) is 9.59 Å². The first kappa shape index (κ1) is 19.7. The Morgan fingerprint density at radius 2 is 1.82 bits per heavy atom. The number of nitrogens with one attached hydrogen (secondary N) is 1. The monoisotopic (exact) mass is 387 g/mol. The number of piperidine rings is 1.